The molecule has 88 valence electrons. The molecule has 2 heteroatoms. The Morgan fingerprint density at radius 1 is 1.25 bits per heavy atom. The van der Waals surface area contributed by atoms with Crippen molar-refractivity contribution in [2.45, 2.75) is 25.1 Å². The molecule has 0 aliphatic rings. The van der Waals surface area contributed by atoms with Gasteiger partial charge in [-0.2, -0.15) is 0 Å². The van der Waals surface area contributed by atoms with Crippen LogP contribution in [0.15, 0.2) is 36.4 Å². The normalized spacial score (nSPS) is 14.2. The molecule has 16 heavy (non-hydrogen) atoms. The molecule has 0 saturated heterocycles. The van der Waals surface area contributed by atoms with Crippen molar-refractivity contribution in [3.8, 4) is 0 Å². The Labute approximate surface area is 115 Å². The van der Waals surface area contributed by atoms with Crippen molar-refractivity contribution in [1.82, 2.24) is 0 Å². The standard InChI is InChI=1S/C14H18Br2/c1-11(2)10-14(16)13(8-9-15)12-6-4-3-5-7-12/h3-8,11,14H,9-10H2,1-2H3. The zero-order chi connectivity index (χ0) is 12.0. The van der Waals surface area contributed by atoms with Gasteiger partial charge in [0.25, 0.3) is 0 Å². The van der Waals surface area contributed by atoms with E-state index in [0.717, 1.165) is 11.8 Å². The summed E-state index contributed by atoms with van der Waals surface area (Å²) in [6, 6.07) is 10.6. The lowest BCUT2D eigenvalue weighted by atomic mass is 9.97. The Kier molecular flexibility index (Phi) is 6.37. The molecule has 0 saturated carbocycles. The fraction of sp³-hybridized carbons (Fsp3) is 0.429. The van der Waals surface area contributed by atoms with Crippen LogP contribution in [0.5, 0.6) is 0 Å². The van der Waals surface area contributed by atoms with Gasteiger partial charge in [0.15, 0.2) is 0 Å². The van der Waals surface area contributed by atoms with Crippen molar-refractivity contribution in [2.24, 2.45) is 5.92 Å². The van der Waals surface area contributed by atoms with Crippen LogP contribution in [0, 0.1) is 5.92 Å². The highest BCUT2D eigenvalue weighted by atomic mass is 79.9. The minimum absolute atomic E-state index is 0.437. The summed E-state index contributed by atoms with van der Waals surface area (Å²) in [7, 11) is 0. The van der Waals surface area contributed by atoms with E-state index in [1.165, 1.54) is 11.1 Å². The molecule has 0 radical (unpaired) electrons. The maximum atomic E-state index is 3.79. The molecular weight excluding hydrogens is 328 g/mol. The molecule has 0 amide bonds. The van der Waals surface area contributed by atoms with Gasteiger partial charge in [0, 0.05) is 10.2 Å². The van der Waals surface area contributed by atoms with Gasteiger partial charge in [0.05, 0.1) is 0 Å². The molecule has 1 unspecified atom stereocenters. The second-order valence-electron chi connectivity index (χ2n) is 4.28. The molecule has 1 atom stereocenters. The molecule has 0 aromatic heterocycles. The summed E-state index contributed by atoms with van der Waals surface area (Å²) in [5, 5.41) is 0.900. The van der Waals surface area contributed by atoms with E-state index in [0.29, 0.717) is 10.7 Å². The third-order valence-electron chi connectivity index (χ3n) is 2.42. The first-order valence-electron chi connectivity index (χ1n) is 5.60. The molecule has 0 spiro atoms. The van der Waals surface area contributed by atoms with Crippen LogP contribution >= 0.6 is 31.9 Å². The summed E-state index contributed by atoms with van der Waals surface area (Å²) in [5.74, 6) is 0.701. The van der Waals surface area contributed by atoms with Gasteiger partial charge >= 0.3 is 0 Å². The molecule has 1 rings (SSSR count). The topological polar surface area (TPSA) is 0 Å². The Bertz CT molecular complexity index is 328. The molecular formula is C14H18Br2. The lowest BCUT2D eigenvalue weighted by Gasteiger charge is -2.17. The first-order valence-corrected chi connectivity index (χ1v) is 7.64. The summed E-state index contributed by atoms with van der Waals surface area (Å²) >= 11 is 7.28. The number of hydrogen-bond acceptors (Lipinski definition) is 0. The summed E-state index contributed by atoms with van der Waals surface area (Å²) < 4.78 is 0. The highest BCUT2D eigenvalue weighted by Crippen LogP contribution is 2.28. The number of rotatable bonds is 5. The molecule has 0 bridgehead atoms. The van der Waals surface area contributed by atoms with Crippen LogP contribution in [0.1, 0.15) is 25.8 Å². The van der Waals surface area contributed by atoms with Gasteiger partial charge < -0.3 is 0 Å². The van der Waals surface area contributed by atoms with Crippen molar-refractivity contribution >= 4 is 37.4 Å². The van der Waals surface area contributed by atoms with Crippen LogP contribution in [-0.2, 0) is 0 Å². The minimum Gasteiger partial charge on any atom is -0.0883 e. The zero-order valence-electron chi connectivity index (χ0n) is 9.79. The van der Waals surface area contributed by atoms with Gasteiger partial charge in [-0.05, 0) is 23.5 Å². The first-order chi connectivity index (χ1) is 7.65. The molecule has 0 fully saturated rings. The van der Waals surface area contributed by atoms with Crippen molar-refractivity contribution in [2.75, 3.05) is 5.33 Å². The van der Waals surface area contributed by atoms with Crippen LogP contribution in [0.3, 0.4) is 0 Å². The quantitative estimate of drug-likeness (QED) is 0.637. The summed E-state index contributed by atoms with van der Waals surface area (Å²) in [6.45, 7) is 4.51. The SMILES string of the molecule is CC(C)CC(Br)C(=CCBr)c1ccccc1. The summed E-state index contributed by atoms with van der Waals surface area (Å²) in [4.78, 5) is 0.437. The lowest BCUT2D eigenvalue weighted by Crippen LogP contribution is -2.06. The monoisotopic (exact) mass is 344 g/mol. The molecule has 0 heterocycles. The largest absolute Gasteiger partial charge is 0.0883 e. The molecule has 0 aliphatic heterocycles. The molecule has 1 aromatic rings. The molecule has 0 aliphatic carbocycles. The van der Waals surface area contributed by atoms with E-state index >= 15 is 0 Å². The average molecular weight is 346 g/mol. The fourth-order valence-corrected chi connectivity index (χ4v) is 3.23. The fourth-order valence-electron chi connectivity index (χ4n) is 1.68. The third kappa shape index (κ3) is 4.42. The van der Waals surface area contributed by atoms with Gasteiger partial charge in [0.2, 0.25) is 0 Å². The average Bonchev–Trinajstić information content (AvgIpc) is 2.26. The number of allylic oxidation sites excluding steroid dienone is 2. The van der Waals surface area contributed by atoms with Crippen molar-refractivity contribution in [1.29, 1.82) is 0 Å². The predicted octanol–water partition coefficient (Wildman–Crippen LogP) is 5.27. The highest BCUT2D eigenvalue weighted by Gasteiger charge is 2.13. The van der Waals surface area contributed by atoms with Gasteiger partial charge in [-0.25, -0.2) is 0 Å². The second-order valence-corrected chi connectivity index (χ2v) is 6.03. The number of halogens is 2. The predicted molar refractivity (Wildman–Crippen MR) is 80.4 cm³/mol. The van der Waals surface area contributed by atoms with Crippen LogP contribution in [0.4, 0.5) is 0 Å². The van der Waals surface area contributed by atoms with Gasteiger partial charge in [-0.15, -0.1) is 0 Å². The number of alkyl halides is 2. The summed E-state index contributed by atoms with van der Waals surface area (Å²) in [6.07, 6.45) is 3.41. The van der Waals surface area contributed by atoms with Gasteiger partial charge in [-0.3, -0.25) is 0 Å². The maximum absolute atomic E-state index is 3.79. The third-order valence-corrected chi connectivity index (χ3v) is 3.61. The van der Waals surface area contributed by atoms with Crippen molar-refractivity contribution in [3.63, 3.8) is 0 Å². The van der Waals surface area contributed by atoms with Crippen LogP contribution in [0.25, 0.3) is 5.57 Å². The highest BCUT2D eigenvalue weighted by molar-refractivity contribution is 9.10. The molecule has 1 aromatic carbocycles. The van der Waals surface area contributed by atoms with Gasteiger partial charge in [-0.1, -0.05) is 82.1 Å². The number of hydrogen-bond donors (Lipinski definition) is 0. The van der Waals surface area contributed by atoms with E-state index in [1.807, 2.05) is 0 Å². The second kappa shape index (κ2) is 7.29. The Morgan fingerprint density at radius 3 is 2.38 bits per heavy atom. The van der Waals surface area contributed by atoms with E-state index in [4.69, 9.17) is 0 Å². The summed E-state index contributed by atoms with van der Waals surface area (Å²) in [5.41, 5.74) is 2.69. The van der Waals surface area contributed by atoms with Crippen LogP contribution in [0.2, 0.25) is 0 Å². The van der Waals surface area contributed by atoms with E-state index in [2.05, 4.69) is 82.1 Å². The van der Waals surface area contributed by atoms with Gasteiger partial charge in [0.1, 0.15) is 0 Å². The Morgan fingerprint density at radius 2 is 1.88 bits per heavy atom. The number of benzene rings is 1. The zero-order valence-corrected chi connectivity index (χ0v) is 13.0. The molecule has 0 N–H and O–H groups in total. The van der Waals surface area contributed by atoms with Crippen LogP contribution < -0.4 is 0 Å². The van der Waals surface area contributed by atoms with Crippen LogP contribution in [-0.4, -0.2) is 10.2 Å². The lowest BCUT2D eigenvalue weighted by molar-refractivity contribution is 0.609. The Balaban J connectivity index is 2.88. The van der Waals surface area contributed by atoms with E-state index < -0.39 is 0 Å². The van der Waals surface area contributed by atoms with Crippen molar-refractivity contribution in [3.05, 3.63) is 42.0 Å². The van der Waals surface area contributed by atoms with E-state index in [1.54, 1.807) is 0 Å². The molecule has 0 nitrogen and oxygen atoms in total. The van der Waals surface area contributed by atoms with Crippen molar-refractivity contribution < 1.29 is 0 Å². The van der Waals surface area contributed by atoms with E-state index in [9.17, 15) is 0 Å². The minimum atomic E-state index is 0.437. The Hall–Kier alpha value is -0.0800. The first kappa shape index (κ1) is 14.0. The smallest absolute Gasteiger partial charge is 0.0400 e. The van der Waals surface area contributed by atoms with E-state index in [-0.39, 0.29) is 0 Å². The maximum Gasteiger partial charge on any atom is 0.0400 e.